The van der Waals surface area contributed by atoms with Crippen molar-refractivity contribution in [2.75, 3.05) is 39.5 Å². The lowest BCUT2D eigenvalue weighted by molar-refractivity contribution is -0.140. The van der Waals surface area contributed by atoms with Gasteiger partial charge in [-0.15, -0.1) is 0 Å². The Hall–Kier alpha value is -2.35. The maximum atomic E-state index is 13.6. The topological polar surface area (TPSA) is 78.8 Å². The van der Waals surface area contributed by atoms with Crippen molar-refractivity contribution in [2.45, 2.75) is 19.0 Å². The second-order valence-electron chi connectivity index (χ2n) is 6.53. The van der Waals surface area contributed by atoms with Crippen molar-refractivity contribution < 1.29 is 14.6 Å². The second kappa shape index (κ2) is 10.1. The van der Waals surface area contributed by atoms with Crippen LogP contribution in [0.2, 0.25) is 0 Å². The van der Waals surface area contributed by atoms with E-state index in [1.165, 1.54) is 0 Å². The van der Waals surface area contributed by atoms with Gasteiger partial charge >= 0.3 is 0 Å². The molecule has 1 fully saturated rings. The van der Waals surface area contributed by atoms with Crippen LogP contribution in [0.4, 0.5) is 0 Å². The molecule has 0 saturated carbocycles. The monoisotopic (exact) mass is 370 g/mol. The van der Waals surface area contributed by atoms with Crippen LogP contribution >= 0.6 is 0 Å². The maximum Gasteiger partial charge on any atom is 0.244 e. The summed E-state index contributed by atoms with van der Waals surface area (Å²) in [5.74, 6) is 0.0233. The summed E-state index contributed by atoms with van der Waals surface area (Å²) in [4.78, 5) is 25.8. The molecule has 1 aliphatic heterocycles. The van der Waals surface area contributed by atoms with Crippen LogP contribution in [0.3, 0.4) is 0 Å². The Bertz CT molecular complexity index is 693. The van der Waals surface area contributed by atoms with E-state index in [0.717, 1.165) is 11.1 Å². The molecule has 1 atom stereocenters. The molecule has 2 aromatic heterocycles. The van der Waals surface area contributed by atoms with Crippen molar-refractivity contribution in [1.82, 2.24) is 19.8 Å². The van der Waals surface area contributed by atoms with E-state index in [4.69, 9.17) is 4.74 Å². The first-order chi connectivity index (χ1) is 13.3. The first kappa shape index (κ1) is 19.4. The highest BCUT2D eigenvalue weighted by atomic mass is 16.5. The van der Waals surface area contributed by atoms with Gasteiger partial charge in [0.15, 0.2) is 0 Å². The number of amides is 1. The Kier molecular flexibility index (Phi) is 7.27. The summed E-state index contributed by atoms with van der Waals surface area (Å²) in [6, 6.07) is 7.22. The van der Waals surface area contributed by atoms with Gasteiger partial charge < -0.3 is 14.7 Å². The molecule has 1 N–H and O–H groups in total. The van der Waals surface area contributed by atoms with Gasteiger partial charge in [-0.1, -0.05) is 6.07 Å². The average Bonchev–Trinajstić information content (AvgIpc) is 2.73. The molecular formula is C20H26N4O3. The Morgan fingerprint density at radius 1 is 1.19 bits per heavy atom. The summed E-state index contributed by atoms with van der Waals surface area (Å²) >= 11 is 0. The summed E-state index contributed by atoms with van der Waals surface area (Å²) in [5, 5.41) is 9.28. The van der Waals surface area contributed by atoms with Crippen LogP contribution in [0.1, 0.15) is 23.6 Å². The number of aromatic nitrogens is 2. The van der Waals surface area contributed by atoms with E-state index in [1.807, 2.05) is 29.2 Å². The molecule has 0 bridgehead atoms. The molecule has 0 aromatic carbocycles. The van der Waals surface area contributed by atoms with E-state index in [1.54, 1.807) is 24.8 Å². The number of nitrogens with zero attached hydrogens (tertiary/aromatic N) is 4. The molecule has 0 spiro atoms. The van der Waals surface area contributed by atoms with Gasteiger partial charge in [0.05, 0.1) is 13.2 Å². The van der Waals surface area contributed by atoms with Crippen molar-refractivity contribution in [3.63, 3.8) is 0 Å². The zero-order valence-corrected chi connectivity index (χ0v) is 15.4. The minimum atomic E-state index is -0.400. The SMILES string of the molecule is O=C([C@H](c1cccnc1)N1CCOCC1)N(CCCO)Cc1ccncc1. The highest BCUT2D eigenvalue weighted by Crippen LogP contribution is 2.25. The Morgan fingerprint density at radius 3 is 2.63 bits per heavy atom. The Morgan fingerprint density at radius 2 is 1.96 bits per heavy atom. The van der Waals surface area contributed by atoms with E-state index in [9.17, 15) is 9.90 Å². The zero-order valence-electron chi connectivity index (χ0n) is 15.4. The molecule has 0 unspecified atom stereocenters. The molecule has 1 amide bonds. The first-order valence-electron chi connectivity index (χ1n) is 9.30. The molecule has 0 radical (unpaired) electrons. The molecule has 7 nitrogen and oxygen atoms in total. The third-order valence-corrected chi connectivity index (χ3v) is 4.67. The number of hydrogen-bond acceptors (Lipinski definition) is 6. The van der Waals surface area contributed by atoms with E-state index < -0.39 is 6.04 Å². The fraction of sp³-hybridized carbons (Fsp3) is 0.450. The smallest absolute Gasteiger partial charge is 0.244 e. The molecule has 0 aliphatic carbocycles. The largest absolute Gasteiger partial charge is 0.396 e. The number of carbonyl (C=O) groups is 1. The third-order valence-electron chi connectivity index (χ3n) is 4.67. The first-order valence-corrected chi connectivity index (χ1v) is 9.30. The molecule has 1 aliphatic rings. The van der Waals surface area contributed by atoms with Gasteiger partial charge in [-0.2, -0.15) is 0 Å². The number of hydrogen-bond donors (Lipinski definition) is 1. The van der Waals surface area contributed by atoms with Gasteiger partial charge in [-0.3, -0.25) is 19.7 Å². The fourth-order valence-electron chi connectivity index (χ4n) is 3.29. The van der Waals surface area contributed by atoms with Gasteiger partial charge in [0.25, 0.3) is 0 Å². The molecule has 7 heteroatoms. The van der Waals surface area contributed by atoms with Crippen molar-refractivity contribution in [2.24, 2.45) is 0 Å². The molecule has 3 heterocycles. The van der Waals surface area contributed by atoms with E-state index in [-0.39, 0.29) is 12.5 Å². The number of carbonyl (C=O) groups excluding carboxylic acids is 1. The minimum absolute atomic E-state index is 0.0233. The number of aliphatic hydroxyl groups excluding tert-OH is 1. The molecule has 1 saturated heterocycles. The summed E-state index contributed by atoms with van der Waals surface area (Å²) in [6.07, 6.45) is 7.47. The zero-order chi connectivity index (χ0) is 18.9. The molecule has 3 rings (SSSR count). The van der Waals surface area contributed by atoms with Crippen molar-refractivity contribution in [3.8, 4) is 0 Å². The Balaban J connectivity index is 1.85. The predicted octanol–water partition coefficient (Wildman–Crippen LogP) is 1.26. The second-order valence-corrected chi connectivity index (χ2v) is 6.53. The van der Waals surface area contributed by atoms with Crippen LogP contribution < -0.4 is 0 Å². The summed E-state index contributed by atoms with van der Waals surface area (Å²) in [7, 11) is 0. The summed E-state index contributed by atoms with van der Waals surface area (Å²) in [5.41, 5.74) is 1.90. The lowest BCUT2D eigenvalue weighted by Crippen LogP contribution is -2.47. The predicted molar refractivity (Wildman–Crippen MR) is 101 cm³/mol. The minimum Gasteiger partial charge on any atom is -0.396 e. The molecule has 144 valence electrons. The van der Waals surface area contributed by atoms with Crippen molar-refractivity contribution in [1.29, 1.82) is 0 Å². The van der Waals surface area contributed by atoms with Crippen molar-refractivity contribution in [3.05, 3.63) is 60.2 Å². The van der Waals surface area contributed by atoms with E-state index >= 15 is 0 Å². The van der Waals surface area contributed by atoms with Crippen LogP contribution in [0.15, 0.2) is 49.1 Å². The molecule has 2 aromatic rings. The molecule has 27 heavy (non-hydrogen) atoms. The van der Waals surface area contributed by atoms with Crippen LogP contribution in [0.25, 0.3) is 0 Å². The third kappa shape index (κ3) is 5.32. The molecular weight excluding hydrogens is 344 g/mol. The van der Waals surface area contributed by atoms with Gasteiger partial charge in [0, 0.05) is 57.6 Å². The van der Waals surface area contributed by atoms with Gasteiger partial charge in [-0.05, 0) is 35.7 Å². The van der Waals surface area contributed by atoms with E-state index in [2.05, 4.69) is 14.9 Å². The number of ether oxygens (including phenoxy) is 1. The number of aliphatic hydroxyl groups is 1. The van der Waals surface area contributed by atoms with Crippen LogP contribution in [-0.2, 0) is 16.1 Å². The standard InChI is InChI=1S/C20H26N4O3/c25-12-2-9-24(16-17-4-7-21-8-5-17)20(26)19(18-3-1-6-22-15-18)23-10-13-27-14-11-23/h1,3-8,15,19,25H,2,9-14,16H2/t19-/m0/s1. The van der Waals surface area contributed by atoms with Crippen LogP contribution in [-0.4, -0.2) is 70.2 Å². The van der Waals surface area contributed by atoms with Gasteiger partial charge in [-0.25, -0.2) is 0 Å². The maximum absolute atomic E-state index is 13.6. The summed E-state index contributed by atoms with van der Waals surface area (Å²) in [6.45, 7) is 3.68. The fourth-order valence-corrected chi connectivity index (χ4v) is 3.29. The van der Waals surface area contributed by atoms with Gasteiger partial charge in [0.2, 0.25) is 5.91 Å². The number of rotatable bonds is 8. The highest BCUT2D eigenvalue weighted by Gasteiger charge is 2.32. The summed E-state index contributed by atoms with van der Waals surface area (Å²) < 4.78 is 5.46. The van der Waals surface area contributed by atoms with Crippen molar-refractivity contribution >= 4 is 5.91 Å². The lowest BCUT2D eigenvalue weighted by Gasteiger charge is -2.36. The number of pyridine rings is 2. The quantitative estimate of drug-likeness (QED) is 0.754. The normalized spacial score (nSPS) is 16.0. The average molecular weight is 370 g/mol. The Labute approximate surface area is 159 Å². The van der Waals surface area contributed by atoms with E-state index in [0.29, 0.717) is 45.8 Å². The number of morpholine rings is 1. The van der Waals surface area contributed by atoms with Crippen LogP contribution in [0, 0.1) is 0 Å². The lowest BCUT2D eigenvalue weighted by atomic mass is 10.0. The van der Waals surface area contributed by atoms with Crippen LogP contribution in [0.5, 0.6) is 0 Å². The van der Waals surface area contributed by atoms with Gasteiger partial charge in [0.1, 0.15) is 6.04 Å². The highest BCUT2D eigenvalue weighted by molar-refractivity contribution is 5.83.